The van der Waals surface area contributed by atoms with Gasteiger partial charge in [-0.25, -0.2) is 0 Å². The molecule has 1 aromatic rings. The highest BCUT2D eigenvalue weighted by atomic mass is 32.1. The van der Waals surface area contributed by atoms with Gasteiger partial charge in [0.2, 0.25) is 0 Å². The molecular formula is C14H20O3S. The van der Waals surface area contributed by atoms with Crippen LogP contribution in [0.2, 0.25) is 0 Å². The van der Waals surface area contributed by atoms with E-state index in [1.54, 1.807) is 11.3 Å². The molecule has 1 fully saturated rings. The van der Waals surface area contributed by atoms with Gasteiger partial charge < -0.3 is 9.84 Å². The average molecular weight is 268 g/mol. The number of hydrogen-bond donors (Lipinski definition) is 1. The fourth-order valence-electron chi connectivity index (χ4n) is 1.99. The van der Waals surface area contributed by atoms with Crippen LogP contribution in [-0.2, 0) is 15.1 Å². The summed E-state index contributed by atoms with van der Waals surface area (Å²) < 4.78 is 5.38. The molecule has 18 heavy (non-hydrogen) atoms. The molecule has 1 aliphatic rings. The van der Waals surface area contributed by atoms with Crippen LogP contribution in [0.25, 0.3) is 0 Å². The topological polar surface area (TPSA) is 46.5 Å². The molecule has 0 aromatic carbocycles. The number of esters is 1. The highest BCUT2D eigenvalue weighted by Crippen LogP contribution is 2.45. The summed E-state index contributed by atoms with van der Waals surface area (Å²) in [6.07, 6.45) is 0.868. The number of carbonyl (C=O) groups is 1. The Morgan fingerprint density at radius 1 is 1.44 bits per heavy atom. The van der Waals surface area contributed by atoms with Crippen molar-refractivity contribution in [1.29, 1.82) is 0 Å². The minimum atomic E-state index is -0.790. The Hall–Kier alpha value is -0.870. The van der Waals surface area contributed by atoms with Crippen molar-refractivity contribution in [3.63, 3.8) is 0 Å². The van der Waals surface area contributed by atoms with Crippen LogP contribution in [0.1, 0.15) is 43.4 Å². The third kappa shape index (κ3) is 2.59. The Labute approximate surface area is 112 Å². The van der Waals surface area contributed by atoms with Gasteiger partial charge in [-0.05, 0) is 39.8 Å². The summed E-state index contributed by atoms with van der Waals surface area (Å²) in [7, 11) is 0. The lowest BCUT2D eigenvalue weighted by Gasteiger charge is -2.42. The first kappa shape index (κ1) is 13.6. The molecule has 0 aliphatic heterocycles. The van der Waals surface area contributed by atoms with Gasteiger partial charge in [0.1, 0.15) is 11.7 Å². The summed E-state index contributed by atoms with van der Waals surface area (Å²) in [4.78, 5) is 13.9. The van der Waals surface area contributed by atoms with E-state index in [0.29, 0.717) is 12.8 Å². The van der Waals surface area contributed by atoms with Crippen molar-refractivity contribution in [2.45, 2.75) is 52.2 Å². The number of rotatable bonds is 2. The van der Waals surface area contributed by atoms with Crippen LogP contribution in [0.5, 0.6) is 0 Å². The van der Waals surface area contributed by atoms with Crippen molar-refractivity contribution < 1.29 is 14.6 Å². The van der Waals surface area contributed by atoms with E-state index in [0.717, 1.165) is 4.88 Å². The normalized spacial score (nSPS) is 27.7. The van der Waals surface area contributed by atoms with Crippen LogP contribution in [0, 0.1) is 12.3 Å². The number of hydrogen-bond acceptors (Lipinski definition) is 4. The molecule has 1 N–H and O–H groups in total. The summed E-state index contributed by atoms with van der Waals surface area (Å²) in [5, 5.41) is 10.4. The highest BCUT2D eigenvalue weighted by molar-refractivity contribution is 7.12. The lowest BCUT2D eigenvalue weighted by Crippen LogP contribution is -2.47. The van der Waals surface area contributed by atoms with E-state index < -0.39 is 11.0 Å². The monoisotopic (exact) mass is 268 g/mol. The van der Waals surface area contributed by atoms with Gasteiger partial charge in [0.05, 0.1) is 5.41 Å². The third-order valence-corrected chi connectivity index (χ3v) is 4.41. The van der Waals surface area contributed by atoms with E-state index in [-0.39, 0.29) is 12.1 Å². The summed E-state index contributed by atoms with van der Waals surface area (Å²) >= 11 is 1.61. The molecule has 4 heteroatoms. The predicted molar refractivity (Wildman–Crippen MR) is 71.5 cm³/mol. The van der Waals surface area contributed by atoms with Crippen molar-refractivity contribution in [3.8, 4) is 0 Å². The SMILES string of the molecule is Cc1ccc(C2(O)CC(OC(=O)C(C)(C)C)C2)s1. The van der Waals surface area contributed by atoms with Gasteiger partial charge in [0, 0.05) is 22.6 Å². The van der Waals surface area contributed by atoms with Crippen molar-refractivity contribution >= 4 is 17.3 Å². The average Bonchev–Trinajstić information content (AvgIpc) is 2.61. The van der Waals surface area contributed by atoms with Crippen LogP contribution in [0.15, 0.2) is 12.1 Å². The first-order chi connectivity index (χ1) is 8.21. The molecule has 1 aliphatic carbocycles. The minimum absolute atomic E-state index is 0.149. The van der Waals surface area contributed by atoms with Crippen molar-refractivity contribution in [2.24, 2.45) is 5.41 Å². The Morgan fingerprint density at radius 3 is 2.50 bits per heavy atom. The molecule has 0 unspecified atom stereocenters. The molecular weight excluding hydrogens is 248 g/mol. The second-order valence-corrected chi connectivity index (χ2v) is 7.42. The summed E-state index contributed by atoms with van der Waals surface area (Å²) in [6, 6.07) is 3.97. The quantitative estimate of drug-likeness (QED) is 0.839. The van der Waals surface area contributed by atoms with Gasteiger partial charge in [0.25, 0.3) is 0 Å². The first-order valence-corrected chi connectivity index (χ1v) is 7.03. The minimum Gasteiger partial charge on any atom is -0.462 e. The Morgan fingerprint density at radius 2 is 2.06 bits per heavy atom. The Kier molecular flexibility index (Phi) is 3.28. The largest absolute Gasteiger partial charge is 0.462 e. The molecule has 3 nitrogen and oxygen atoms in total. The van der Waals surface area contributed by atoms with E-state index in [1.807, 2.05) is 39.8 Å². The molecule has 2 rings (SSSR count). The zero-order valence-corrected chi connectivity index (χ0v) is 12.1. The van der Waals surface area contributed by atoms with Gasteiger partial charge in [-0.3, -0.25) is 4.79 Å². The fraction of sp³-hybridized carbons (Fsp3) is 0.643. The van der Waals surface area contributed by atoms with E-state index in [2.05, 4.69) is 0 Å². The van der Waals surface area contributed by atoms with Gasteiger partial charge in [-0.2, -0.15) is 0 Å². The lowest BCUT2D eigenvalue weighted by molar-refractivity contribution is -0.182. The molecule has 1 heterocycles. The maximum absolute atomic E-state index is 11.7. The number of ether oxygens (including phenoxy) is 1. The van der Waals surface area contributed by atoms with E-state index in [4.69, 9.17) is 4.74 Å². The van der Waals surface area contributed by atoms with Gasteiger partial charge in [0.15, 0.2) is 0 Å². The first-order valence-electron chi connectivity index (χ1n) is 6.21. The third-order valence-electron chi connectivity index (χ3n) is 3.22. The molecule has 0 amide bonds. The van der Waals surface area contributed by atoms with E-state index in [9.17, 15) is 9.90 Å². The summed E-state index contributed by atoms with van der Waals surface area (Å²) in [6.45, 7) is 7.53. The van der Waals surface area contributed by atoms with Crippen LogP contribution in [0.4, 0.5) is 0 Å². The zero-order valence-electron chi connectivity index (χ0n) is 11.3. The standard InChI is InChI=1S/C14H20O3S/c1-9-5-6-11(18-9)14(16)7-10(8-14)17-12(15)13(2,3)4/h5-6,10,16H,7-8H2,1-4H3. The molecule has 0 bridgehead atoms. The fourth-order valence-corrected chi connectivity index (χ4v) is 2.97. The lowest BCUT2D eigenvalue weighted by atomic mass is 9.76. The number of carbonyl (C=O) groups excluding carboxylic acids is 1. The van der Waals surface area contributed by atoms with Crippen molar-refractivity contribution in [3.05, 3.63) is 21.9 Å². The van der Waals surface area contributed by atoms with Crippen LogP contribution in [-0.4, -0.2) is 17.2 Å². The van der Waals surface area contributed by atoms with Gasteiger partial charge in [-0.1, -0.05) is 0 Å². The number of aryl methyl sites for hydroxylation is 1. The van der Waals surface area contributed by atoms with E-state index >= 15 is 0 Å². The molecule has 0 atom stereocenters. The molecule has 0 spiro atoms. The van der Waals surface area contributed by atoms with E-state index in [1.165, 1.54) is 4.88 Å². The molecule has 100 valence electrons. The van der Waals surface area contributed by atoms with Crippen LogP contribution >= 0.6 is 11.3 Å². The van der Waals surface area contributed by atoms with Crippen molar-refractivity contribution in [1.82, 2.24) is 0 Å². The zero-order chi connectivity index (χ0) is 13.6. The van der Waals surface area contributed by atoms with Crippen LogP contribution in [0.3, 0.4) is 0 Å². The smallest absolute Gasteiger partial charge is 0.311 e. The van der Waals surface area contributed by atoms with Crippen LogP contribution < -0.4 is 0 Å². The van der Waals surface area contributed by atoms with Gasteiger partial charge >= 0.3 is 5.97 Å². The number of aliphatic hydroxyl groups is 1. The molecule has 0 radical (unpaired) electrons. The maximum atomic E-state index is 11.7. The predicted octanol–water partition coefficient (Wildman–Crippen LogP) is 3.00. The molecule has 1 aromatic heterocycles. The second-order valence-electron chi connectivity index (χ2n) is 6.13. The number of thiophene rings is 1. The highest BCUT2D eigenvalue weighted by Gasteiger charge is 2.47. The summed E-state index contributed by atoms with van der Waals surface area (Å²) in [5.74, 6) is -0.197. The second kappa shape index (κ2) is 4.35. The van der Waals surface area contributed by atoms with Gasteiger partial charge in [-0.15, -0.1) is 11.3 Å². The Bertz CT molecular complexity index is 450. The molecule has 0 saturated heterocycles. The Balaban J connectivity index is 1.92. The molecule has 1 saturated carbocycles. The maximum Gasteiger partial charge on any atom is 0.311 e. The summed E-state index contributed by atoms with van der Waals surface area (Å²) in [5.41, 5.74) is -1.27. The van der Waals surface area contributed by atoms with Crippen molar-refractivity contribution in [2.75, 3.05) is 0 Å².